The van der Waals surface area contributed by atoms with E-state index in [2.05, 4.69) is 10.6 Å². The number of nitro benzene ring substituents is 1. The van der Waals surface area contributed by atoms with Crippen LogP contribution in [0.4, 0.5) is 11.4 Å². The highest BCUT2D eigenvalue weighted by Gasteiger charge is 2.20. The van der Waals surface area contributed by atoms with Crippen LogP contribution in [0.25, 0.3) is 0 Å². The molecular weight excluding hydrogens is 298 g/mol. The van der Waals surface area contributed by atoms with Gasteiger partial charge in [0, 0.05) is 32.0 Å². The number of nitrogens with zero attached hydrogens (tertiary/aromatic N) is 1. The lowest BCUT2D eigenvalue weighted by Crippen LogP contribution is -2.42. The molecule has 1 unspecified atom stereocenters. The molecule has 0 aromatic heterocycles. The third-order valence-electron chi connectivity index (χ3n) is 3.12. The summed E-state index contributed by atoms with van der Waals surface area (Å²) in [6, 6.07) is 3.83. The Hall–Kier alpha value is -1.71. The summed E-state index contributed by atoms with van der Waals surface area (Å²) in [4.78, 5) is 10.4. The average Bonchev–Trinajstić information content (AvgIpc) is 2.45. The standard InChI is InChI=1S/C12H17N3O5S/c1-21(18,19)10-2-3-11(12(6-10)15(16)17)14-8-9-7-13-4-5-20-9/h2-3,6,9,13-14H,4-5,7-8H2,1H3. The summed E-state index contributed by atoms with van der Waals surface area (Å²) in [7, 11) is -3.48. The van der Waals surface area contributed by atoms with E-state index < -0.39 is 14.8 Å². The van der Waals surface area contributed by atoms with Gasteiger partial charge < -0.3 is 15.4 Å². The van der Waals surface area contributed by atoms with Gasteiger partial charge in [-0.25, -0.2) is 8.42 Å². The first kappa shape index (κ1) is 15.7. The first-order valence-corrected chi connectivity index (χ1v) is 8.32. The Balaban J connectivity index is 2.16. The van der Waals surface area contributed by atoms with E-state index in [1.54, 1.807) is 0 Å². The molecule has 1 saturated heterocycles. The van der Waals surface area contributed by atoms with Crippen LogP contribution in [0, 0.1) is 10.1 Å². The van der Waals surface area contributed by atoms with Crippen LogP contribution in [0.1, 0.15) is 0 Å². The molecule has 0 radical (unpaired) electrons. The fourth-order valence-electron chi connectivity index (χ4n) is 2.02. The fraction of sp³-hybridized carbons (Fsp3) is 0.500. The summed E-state index contributed by atoms with van der Waals surface area (Å²) in [6.45, 7) is 2.47. The largest absolute Gasteiger partial charge is 0.377 e. The van der Waals surface area contributed by atoms with Gasteiger partial charge in [0.15, 0.2) is 9.84 Å². The zero-order valence-electron chi connectivity index (χ0n) is 11.5. The van der Waals surface area contributed by atoms with Gasteiger partial charge in [0.2, 0.25) is 0 Å². The minimum Gasteiger partial charge on any atom is -0.377 e. The summed E-state index contributed by atoms with van der Waals surface area (Å²) in [5, 5.41) is 17.2. The van der Waals surface area contributed by atoms with E-state index in [4.69, 9.17) is 4.74 Å². The number of hydrogen-bond donors (Lipinski definition) is 2. The van der Waals surface area contributed by atoms with Crippen LogP contribution < -0.4 is 10.6 Å². The highest BCUT2D eigenvalue weighted by atomic mass is 32.2. The van der Waals surface area contributed by atoms with Crippen LogP contribution in [-0.4, -0.2) is 51.9 Å². The molecular formula is C12H17N3O5S. The van der Waals surface area contributed by atoms with Gasteiger partial charge in [0.05, 0.1) is 22.5 Å². The van der Waals surface area contributed by atoms with E-state index in [1.807, 2.05) is 0 Å². The van der Waals surface area contributed by atoms with Crippen LogP contribution >= 0.6 is 0 Å². The van der Waals surface area contributed by atoms with Crippen molar-refractivity contribution < 1.29 is 18.1 Å². The number of nitro groups is 1. The molecule has 2 N–H and O–H groups in total. The van der Waals surface area contributed by atoms with Gasteiger partial charge in [-0.05, 0) is 12.1 Å². The Morgan fingerprint density at radius 3 is 2.86 bits per heavy atom. The highest BCUT2D eigenvalue weighted by molar-refractivity contribution is 7.90. The van der Waals surface area contributed by atoms with Gasteiger partial charge in [-0.3, -0.25) is 10.1 Å². The molecule has 1 heterocycles. The Morgan fingerprint density at radius 1 is 1.52 bits per heavy atom. The molecule has 1 aromatic carbocycles. The molecule has 0 bridgehead atoms. The van der Waals surface area contributed by atoms with Crippen molar-refractivity contribution in [1.29, 1.82) is 0 Å². The van der Waals surface area contributed by atoms with Gasteiger partial charge >= 0.3 is 0 Å². The summed E-state index contributed by atoms with van der Waals surface area (Å²) in [5.41, 5.74) is 0.0169. The minimum atomic E-state index is -3.48. The predicted molar refractivity (Wildman–Crippen MR) is 77.3 cm³/mol. The van der Waals surface area contributed by atoms with Crippen molar-refractivity contribution in [2.45, 2.75) is 11.0 Å². The first-order valence-electron chi connectivity index (χ1n) is 6.42. The van der Waals surface area contributed by atoms with Gasteiger partial charge in [-0.2, -0.15) is 0 Å². The number of sulfone groups is 1. The summed E-state index contributed by atoms with van der Waals surface area (Å²) in [5.74, 6) is 0. The molecule has 0 amide bonds. The molecule has 9 heteroatoms. The van der Waals surface area contributed by atoms with Gasteiger partial charge in [-0.15, -0.1) is 0 Å². The summed E-state index contributed by atoms with van der Waals surface area (Å²) >= 11 is 0. The zero-order valence-corrected chi connectivity index (χ0v) is 12.4. The van der Waals surface area contributed by atoms with E-state index in [1.165, 1.54) is 12.1 Å². The maximum absolute atomic E-state index is 11.5. The number of rotatable bonds is 5. The number of hydrogen-bond acceptors (Lipinski definition) is 7. The number of benzene rings is 1. The Morgan fingerprint density at radius 2 is 2.29 bits per heavy atom. The monoisotopic (exact) mass is 315 g/mol. The SMILES string of the molecule is CS(=O)(=O)c1ccc(NCC2CNCCO2)c([N+](=O)[O-])c1. The van der Waals surface area contributed by atoms with E-state index in [0.717, 1.165) is 18.9 Å². The Labute approximate surface area is 122 Å². The maximum atomic E-state index is 11.5. The van der Waals surface area contributed by atoms with Crippen molar-refractivity contribution in [2.75, 3.05) is 37.8 Å². The Bertz CT molecular complexity index is 626. The zero-order chi connectivity index (χ0) is 15.5. The molecule has 1 atom stereocenters. The number of morpholine rings is 1. The fourth-order valence-corrected chi connectivity index (χ4v) is 2.66. The van der Waals surface area contributed by atoms with Gasteiger partial charge in [0.25, 0.3) is 5.69 Å². The molecule has 116 valence electrons. The van der Waals surface area contributed by atoms with Crippen molar-refractivity contribution in [3.8, 4) is 0 Å². The molecule has 1 aliphatic heterocycles. The molecule has 1 aliphatic rings. The first-order chi connectivity index (χ1) is 9.88. The lowest BCUT2D eigenvalue weighted by Gasteiger charge is -2.24. The lowest BCUT2D eigenvalue weighted by molar-refractivity contribution is -0.384. The average molecular weight is 315 g/mol. The van der Waals surface area contributed by atoms with E-state index >= 15 is 0 Å². The number of anilines is 1. The smallest absolute Gasteiger partial charge is 0.293 e. The van der Waals surface area contributed by atoms with Gasteiger partial charge in [-0.1, -0.05) is 0 Å². The van der Waals surface area contributed by atoms with Gasteiger partial charge in [0.1, 0.15) is 5.69 Å². The number of nitrogens with one attached hydrogen (secondary N) is 2. The third-order valence-corrected chi connectivity index (χ3v) is 4.23. The summed E-state index contributed by atoms with van der Waals surface area (Å²) < 4.78 is 28.4. The van der Waals surface area contributed by atoms with E-state index in [-0.39, 0.29) is 22.4 Å². The highest BCUT2D eigenvalue weighted by Crippen LogP contribution is 2.27. The molecule has 0 spiro atoms. The van der Waals surface area contributed by atoms with Crippen LogP contribution in [0.5, 0.6) is 0 Å². The van der Waals surface area contributed by atoms with Crippen molar-refractivity contribution in [3.05, 3.63) is 28.3 Å². The van der Waals surface area contributed by atoms with Crippen LogP contribution in [0.2, 0.25) is 0 Å². The van der Waals surface area contributed by atoms with Crippen molar-refractivity contribution in [1.82, 2.24) is 5.32 Å². The summed E-state index contributed by atoms with van der Waals surface area (Å²) in [6.07, 6.45) is 0.939. The molecule has 21 heavy (non-hydrogen) atoms. The normalized spacial score (nSPS) is 19.2. The van der Waals surface area contributed by atoms with E-state index in [0.29, 0.717) is 19.7 Å². The molecule has 0 aliphatic carbocycles. The van der Waals surface area contributed by atoms with Crippen LogP contribution in [0.3, 0.4) is 0 Å². The molecule has 0 saturated carbocycles. The quantitative estimate of drug-likeness (QED) is 0.597. The second-order valence-electron chi connectivity index (χ2n) is 4.79. The Kier molecular flexibility index (Phi) is 4.76. The second kappa shape index (κ2) is 6.37. The predicted octanol–water partition coefficient (Wildman–Crippen LogP) is 0.399. The van der Waals surface area contributed by atoms with Crippen molar-refractivity contribution in [2.24, 2.45) is 0 Å². The van der Waals surface area contributed by atoms with Crippen LogP contribution in [0.15, 0.2) is 23.1 Å². The van der Waals surface area contributed by atoms with Crippen LogP contribution in [-0.2, 0) is 14.6 Å². The molecule has 2 rings (SSSR count). The minimum absolute atomic E-state index is 0.0738. The van der Waals surface area contributed by atoms with Crippen molar-refractivity contribution >= 4 is 21.2 Å². The van der Waals surface area contributed by atoms with Crippen molar-refractivity contribution in [3.63, 3.8) is 0 Å². The third kappa shape index (κ3) is 4.13. The lowest BCUT2D eigenvalue weighted by atomic mass is 10.2. The number of ether oxygens (including phenoxy) is 1. The van der Waals surface area contributed by atoms with E-state index in [9.17, 15) is 18.5 Å². The molecule has 8 nitrogen and oxygen atoms in total. The second-order valence-corrected chi connectivity index (χ2v) is 6.80. The maximum Gasteiger partial charge on any atom is 0.293 e. The molecule has 1 aromatic rings. The molecule has 1 fully saturated rings. The topological polar surface area (TPSA) is 111 Å².